The minimum atomic E-state index is -3.45. The van der Waals surface area contributed by atoms with Crippen molar-refractivity contribution in [2.75, 3.05) is 0 Å². The molecule has 0 aliphatic carbocycles. The van der Waals surface area contributed by atoms with Gasteiger partial charge >= 0.3 is 0 Å². The molecule has 0 spiro atoms. The molecule has 0 aromatic carbocycles. The van der Waals surface area contributed by atoms with Gasteiger partial charge in [-0.05, 0) is 44.4 Å². The van der Waals surface area contributed by atoms with Gasteiger partial charge in [-0.2, -0.15) is 4.72 Å². The lowest BCUT2D eigenvalue weighted by Crippen LogP contribution is -2.39. The Labute approximate surface area is 116 Å². The van der Waals surface area contributed by atoms with Gasteiger partial charge in [0, 0.05) is 9.75 Å². The largest absolute Gasteiger partial charge is 0.250 e. The van der Waals surface area contributed by atoms with Crippen molar-refractivity contribution in [1.29, 1.82) is 0 Å². The van der Waals surface area contributed by atoms with Crippen LogP contribution in [0.5, 0.6) is 0 Å². The molecule has 0 aliphatic heterocycles. The zero-order valence-corrected chi connectivity index (χ0v) is 12.9. The maximum Gasteiger partial charge on any atom is 0.250 e. The summed E-state index contributed by atoms with van der Waals surface area (Å²) >= 11 is 2.83. The fraction of sp³-hybridized carbons (Fsp3) is 0.333. The first-order valence-electron chi connectivity index (χ1n) is 5.46. The molecule has 0 bridgehead atoms. The van der Waals surface area contributed by atoms with Crippen LogP contribution in [0.15, 0.2) is 33.9 Å². The summed E-state index contributed by atoms with van der Waals surface area (Å²) in [6, 6.07) is 7.32. The summed E-state index contributed by atoms with van der Waals surface area (Å²) in [5.41, 5.74) is -0.592. The maximum absolute atomic E-state index is 12.3. The predicted octanol–water partition coefficient (Wildman–Crippen LogP) is 3.33. The van der Waals surface area contributed by atoms with E-state index in [2.05, 4.69) is 4.72 Å². The van der Waals surface area contributed by atoms with Gasteiger partial charge in [-0.3, -0.25) is 0 Å². The lowest BCUT2D eigenvalue weighted by molar-refractivity contribution is 0.481. The zero-order chi connectivity index (χ0) is 13.4. The van der Waals surface area contributed by atoms with Gasteiger partial charge in [-0.1, -0.05) is 6.07 Å². The first-order valence-corrected chi connectivity index (χ1v) is 8.63. The Morgan fingerprint density at radius 2 is 1.94 bits per heavy atom. The van der Waals surface area contributed by atoms with E-state index in [1.807, 2.05) is 44.4 Å². The molecule has 6 heteroatoms. The lowest BCUT2D eigenvalue weighted by Gasteiger charge is -2.24. The number of thiophene rings is 2. The second-order valence-corrected chi connectivity index (χ2v) is 8.72. The fourth-order valence-electron chi connectivity index (χ4n) is 1.63. The molecule has 0 aliphatic rings. The van der Waals surface area contributed by atoms with Gasteiger partial charge < -0.3 is 0 Å². The Hall–Kier alpha value is -0.690. The van der Waals surface area contributed by atoms with Gasteiger partial charge in [0.2, 0.25) is 0 Å². The van der Waals surface area contributed by atoms with E-state index in [0.717, 1.165) is 9.75 Å². The Bertz CT molecular complexity index is 624. The van der Waals surface area contributed by atoms with Crippen molar-refractivity contribution in [2.45, 2.75) is 30.5 Å². The Balaban J connectivity index is 2.29. The third-order valence-electron chi connectivity index (χ3n) is 2.51. The van der Waals surface area contributed by atoms with Crippen molar-refractivity contribution in [1.82, 2.24) is 4.72 Å². The van der Waals surface area contributed by atoms with Crippen LogP contribution in [0, 0.1) is 6.92 Å². The third kappa shape index (κ3) is 2.83. The standard InChI is InChI=1S/C12H15NO2S3/c1-9-6-7-11(17-9)18(14,15)13-12(2,3)10-5-4-8-16-10/h4-8,13H,1-3H3. The van der Waals surface area contributed by atoms with Crippen LogP contribution in [-0.4, -0.2) is 8.42 Å². The Morgan fingerprint density at radius 1 is 1.22 bits per heavy atom. The van der Waals surface area contributed by atoms with E-state index in [1.54, 1.807) is 17.4 Å². The van der Waals surface area contributed by atoms with Gasteiger partial charge in [0.1, 0.15) is 4.21 Å². The van der Waals surface area contributed by atoms with Crippen molar-refractivity contribution in [3.63, 3.8) is 0 Å². The summed E-state index contributed by atoms with van der Waals surface area (Å²) < 4.78 is 27.6. The van der Waals surface area contributed by atoms with Crippen LogP contribution in [0.25, 0.3) is 0 Å². The minimum absolute atomic E-state index is 0.365. The van der Waals surface area contributed by atoms with E-state index in [1.165, 1.54) is 11.3 Å². The van der Waals surface area contributed by atoms with Gasteiger partial charge in [0.15, 0.2) is 0 Å². The molecule has 0 unspecified atom stereocenters. The number of hydrogen-bond donors (Lipinski definition) is 1. The zero-order valence-electron chi connectivity index (χ0n) is 10.4. The smallest absolute Gasteiger partial charge is 0.206 e. The molecule has 0 fully saturated rings. The molecule has 2 aromatic rings. The van der Waals surface area contributed by atoms with Gasteiger partial charge in [-0.25, -0.2) is 8.42 Å². The predicted molar refractivity (Wildman–Crippen MR) is 76.7 cm³/mol. The molecular formula is C12H15NO2S3. The molecule has 0 saturated carbocycles. The Kier molecular flexibility index (Phi) is 3.64. The van der Waals surface area contributed by atoms with Crippen LogP contribution in [0.4, 0.5) is 0 Å². The number of nitrogens with one attached hydrogen (secondary N) is 1. The second-order valence-electron chi connectivity index (χ2n) is 4.57. The van der Waals surface area contributed by atoms with Crippen LogP contribution >= 0.6 is 22.7 Å². The number of hydrogen-bond acceptors (Lipinski definition) is 4. The summed E-state index contributed by atoms with van der Waals surface area (Å²) in [7, 11) is -3.45. The molecule has 0 atom stereocenters. The minimum Gasteiger partial charge on any atom is -0.206 e. The van der Waals surface area contributed by atoms with Gasteiger partial charge in [-0.15, -0.1) is 22.7 Å². The van der Waals surface area contributed by atoms with Crippen molar-refractivity contribution < 1.29 is 8.42 Å². The molecule has 18 heavy (non-hydrogen) atoms. The SMILES string of the molecule is Cc1ccc(S(=O)(=O)NC(C)(C)c2cccs2)s1. The van der Waals surface area contributed by atoms with Crippen LogP contribution in [0.1, 0.15) is 23.6 Å². The molecule has 1 N–H and O–H groups in total. The summed E-state index contributed by atoms with van der Waals surface area (Å²) in [6.45, 7) is 5.64. The van der Waals surface area contributed by atoms with Crippen LogP contribution in [-0.2, 0) is 15.6 Å². The number of aryl methyl sites for hydroxylation is 1. The van der Waals surface area contributed by atoms with E-state index in [4.69, 9.17) is 0 Å². The normalized spacial score (nSPS) is 12.8. The molecule has 2 aromatic heterocycles. The average molecular weight is 301 g/mol. The van der Waals surface area contributed by atoms with Crippen LogP contribution in [0.3, 0.4) is 0 Å². The molecule has 3 nitrogen and oxygen atoms in total. The molecule has 0 saturated heterocycles. The number of sulfonamides is 1. The Morgan fingerprint density at radius 3 is 2.44 bits per heavy atom. The van der Waals surface area contributed by atoms with E-state index in [9.17, 15) is 8.42 Å². The molecule has 0 amide bonds. The maximum atomic E-state index is 12.3. The topological polar surface area (TPSA) is 46.2 Å². The highest BCUT2D eigenvalue weighted by molar-refractivity contribution is 7.91. The van der Waals surface area contributed by atoms with E-state index >= 15 is 0 Å². The van der Waals surface area contributed by atoms with E-state index < -0.39 is 15.6 Å². The van der Waals surface area contributed by atoms with Crippen LogP contribution < -0.4 is 4.72 Å². The van der Waals surface area contributed by atoms with Crippen molar-refractivity contribution in [3.8, 4) is 0 Å². The van der Waals surface area contributed by atoms with Gasteiger partial charge in [0.05, 0.1) is 5.54 Å². The monoisotopic (exact) mass is 301 g/mol. The van der Waals surface area contributed by atoms with Crippen molar-refractivity contribution >= 4 is 32.7 Å². The molecule has 2 rings (SSSR count). The van der Waals surface area contributed by atoms with E-state index in [0.29, 0.717) is 4.21 Å². The molecular weight excluding hydrogens is 286 g/mol. The van der Waals surface area contributed by atoms with Crippen LogP contribution in [0.2, 0.25) is 0 Å². The summed E-state index contributed by atoms with van der Waals surface area (Å²) in [4.78, 5) is 1.99. The summed E-state index contributed by atoms with van der Waals surface area (Å²) in [5, 5.41) is 1.95. The van der Waals surface area contributed by atoms with Crippen molar-refractivity contribution in [2.24, 2.45) is 0 Å². The quantitative estimate of drug-likeness (QED) is 0.941. The first-order chi connectivity index (χ1) is 8.31. The second kappa shape index (κ2) is 4.77. The highest BCUT2D eigenvalue weighted by Gasteiger charge is 2.29. The average Bonchev–Trinajstić information content (AvgIpc) is 2.84. The molecule has 0 radical (unpaired) electrons. The fourth-order valence-corrected chi connectivity index (χ4v) is 5.18. The van der Waals surface area contributed by atoms with E-state index in [-0.39, 0.29) is 0 Å². The number of rotatable bonds is 4. The first kappa shape index (κ1) is 13.7. The summed E-state index contributed by atoms with van der Waals surface area (Å²) in [5.74, 6) is 0. The van der Waals surface area contributed by atoms with Gasteiger partial charge in [0.25, 0.3) is 10.0 Å². The lowest BCUT2D eigenvalue weighted by atomic mass is 10.1. The van der Waals surface area contributed by atoms with Crippen molar-refractivity contribution in [3.05, 3.63) is 39.4 Å². The third-order valence-corrected chi connectivity index (χ3v) is 6.85. The molecule has 98 valence electrons. The highest BCUT2D eigenvalue weighted by atomic mass is 32.2. The highest BCUT2D eigenvalue weighted by Crippen LogP contribution is 2.28. The molecule has 2 heterocycles. The summed E-state index contributed by atoms with van der Waals surface area (Å²) in [6.07, 6.45) is 0.